The first kappa shape index (κ1) is 26.9. The number of likely N-dealkylation sites (tertiary alicyclic amines) is 2. The lowest BCUT2D eigenvalue weighted by Crippen LogP contribution is -2.38. The van der Waals surface area contributed by atoms with Crippen LogP contribution in [0.5, 0.6) is 11.5 Å². The van der Waals surface area contributed by atoms with E-state index in [9.17, 15) is 4.79 Å². The van der Waals surface area contributed by atoms with Gasteiger partial charge in [0.25, 0.3) is 0 Å². The van der Waals surface area contributed by atoms with Gasteiger partial charge in [-0.25, -0.2) is 0 Å². The summed E-state index contributed by atoms with van der Waals surface area (Å²) < 4.78 is 13.4. The van der Waals surface area contributed by atoms with Crippen molar-refractivity contribution in [3.05, 3.63) is 83.9 Å². The summed E-state index contributed by atoms with van der Waals surface area (Å²) in [6.07, 6.45) is 5.09. The Morgan fingerprint density at radius 1 is 0.850 bits per heavy atom. The molecule has 0 aliphatic carbocycles. The van der Waals surface area contributed by atoms with Gasteiger partial charge >= 0.3 is 0 Å². The van der Waals surface area contributed by atoms with Crippen molar-refractivity contribution in [1.29, 1.82) is 0 Å². The van der Waals surface area contributed by atoms with E-state index in [1.807, 2.05) is 16.2 Å². The Morgan fingerprint density at radius 3 is 2.33 bits per heavy atom. The Kier molecular flexibility index (Phi) is 8.35. The van der Waals surface area contributed by atoms with Crippen molar-refractivity contribution in [2.45, 2.75) is 45.1 Å². The zero-order valence-electron chi connectivity index (χ0n) is 23.3. The fraction of sp³-hybridized carbons (Fsp3) is 0.382. The molecule has 2 fully saturated rings. The molecule has 40 heavy (non-hydrogen) atoms. The van der Waals surface area contributed by atoms with Gasteiger partial charge in [0.15, 0.2) is 0 Å². The highest BCUT2D eigenvalue weighted by atomic mass is 32.1. The molecule has 2 aliphatic heterocycles. The number of benzene rings is 3. The molecule has 0 unspecified atom stereocenters. The lowest BCUT2D eigenvalue weighted by Gasteiger charge is -2.24. The minimum atomic E-state index is 0.0938. The zero-order valence-corrected chi connectivity index (χ0v) is 24.1. The fourth-order valence-electron chi connectivity index (χ4n) is 5.86. The predicted molar refractivity (Wildman–Crippen MR) is 164 cm³/mol. The van der Waals surface area contributed by atoms with Gasteiger partial charge in [-0.15, -0.1) is 11.3 Å². The lowest BCUT2D eigenvalue weighted by molar-refractivity contribution is -0.129. The monoisotopic (exact) mass is 554 g/mol. The quantitative estimate of drug-likeness (QED) is 0.200. The molecular formula is C34H38N2O3S. The smallest absolute Gasteiger partial charge is 0.222 e. The van der Waals surface area contributed by atoms with Crippen molar-refractivity contribution >= 4 is 27.3 Å². The summed E-state index contributed by atoms with van der Waals surface area (Å²) in [6, 6.07) is 25.8. The second kappa shape index (κ2) is 12.4. The van der Waals surface area contributed by atoms with E-state index < -0.39 is 0 Å². The standard InChI is InChI=1S/C34H38N2O3S/c1-25(36-20-6-9-33(36)37)24-39-29-14-10-26(11-15-29)23-31-30-7-2-3-8-32(30)40-34(31)27-12-16-28(17-13-27)38-22-21-35-18-4-5-19-35/h2-3,7-8,10-17,25H,4-6,9,18-24H2,1H3/t25-/m1/s1. The van der Waals surface area contributed by atoms with E-state index in [1.54, 1.807) is 0 Å². The lowest BCUT2D eigenvalue weighted by atomic mass is 9.99. The summed E-state index contributed by atoms with van der Waals surface area (Å²) >= 11 is 1.86. The average molecular weight is 555 g/mol. The van der Waals surface area contributed by atoms with Gasteiger partial charge in [-0.05, 0) is 110 Å². The number of amides is 1. The Morgan fingerprint density at radius 2 is 1.57 bits per heavy atom. The van der Waals surface area contributed by atoms with E-state index in [2.05, 4.69) is 84.6 Å². The van der Waals surface area contributed by atoms with E-state index in [0.717, 1.165) is 44.0 Å². The summed E-state index contributed by atoms with van der Waals surface area (Å²) in [5, 5.41) is 1.32. The normalized spacial score (nSPS) is 16.6. The van der Waals surface area contributed by atoms with Crippen molar-refractivity contribution < 1.29 is 14.3 Å². The van der Waals surface area contributed by atoms with Gasteiger partial charge < -0.3 is 14.4 Å². The highest BCUT2D eigenvalue weighted by Gasteiger charge is 2.25. The van der Waals surface area contributed by atoms with Crippen LogP contribution < -0.4 is 9.47 Å². The maximum Gasteiger partial charge on any atom is 0.222 e. The third-order valence-corrected chi connectivity index (χ3v) is 9.39. The predicted octanol–water partition coefficient (Wildman–Crippen LogP) is 7.02. The van der Waals surface area contributed by atoms with Gasteiger partial charge in [-0.2, -0.15) is 0 Å². The number of hydrogen-bond donors (Lipinski definition) is 0. The summed E-state index contributed by atoms with van der Waals surface area (Å²) in [4.78, 5) is 17.7. The van der Waals surface area contributed by atoms with Gasteiger partial charge in [-0.1, -0.05) is 30.3 Å². The molecule has 1 amide bonds. The maximum absolute atomic E-state index is 12.0. The van der Waals surface area contributed by atoms with E-state index in [1.165, 1.54) is 57.6 Å². The van der Waals surface area contributed by atoms with E-state index in [4.69, 9.17) is 9.47 Å². The molecule has 208 valence electrons. The topological polar surface area (TPSA) is 42.0 Å². The van der Waals surface area contributed by atoms with E-state index in [-0.39, 0.29) is 11.9 Å². The summed E-state index contributed by atoms with van der Waals surface area (Å²) in [7, 11) is 0. The van der Waals surface area contributed by atoms with Gasteiger partial charge in [-0.3, -0.25) is 9.69 Å². The zero-order chi connectivity index (χ0) is 27.3. The third-order valence-electron chi connectivity index (χ3n) is 8.13. The molecular weight excluding hydrogens is 516 g/mol. The van der Waals surface area contributed by atoms with Crippen LogP contribution in [-0.2, 0) is 11.2 Å². The van der Waals surface area contributed by atoms with Crippen LogP contribution in [0.4, 0.5) is 0 Å². The third kappa shape index (κ3) is 6.18. The summed E-state index contributed by atoms with van der Waals surface area (Å²) in [5.41, 5.74) is 3.84. The number of nitrogens with zero attached hydrogens (tertiary/aromatic N) is 2. The number of ether oxygens (including phenoxy) is 2. The van der Waals surface area contributed by atoms with Gasteiger partial charge in [0.05, 0.1) is 6.04 Å². The van der Waals surface area contributed by atoms with Crippen LogP contribution in [0.15, 0.2) is 72.8 Å². The Hall–Kier alpha value is -3.35. The average Bonchev–Trinajstić information content (AvgIpc) is 3.74. The van der Waals surface area contributed by atoms with Gasteiger partial charge in [0.1, 0.15) is 24.7 Å². The van der Waals surface area contributed by atoms with Crippen LogP contribution >= 0.6 is 11.3 Å². The second-order valence-corrected chi connectivity index (χ2v) is 12.1. The van der Waals surface area contributed by atoms with Gasteiger partial charge in [0.2, 0.25) is 5.91 Å². The number of rotatable bonds is 11. The largest absolute Gasteiger partial charge is 0.492 e. The molecule has 2 saturated heterocycles. The van der Waals surface area contributed by atoms with Crippen LogP contribution in [0.3, 0.4) is 0 Å². The molecule has 0 spiro atoms. The fourth-order valence-corrected chi connectivity index (χ4v) is 7.09. The first-order chi connectivity index (χ1) is 19.6. The molecule has 5 nitrogen and oxygen atoms in total. The summed E-state index contributed by atoms with van der Waals surface area (Å²) in [6.45, 7) is 7.57. The number of fused-ring (bicyclic) bond motifs is 1. The van der Waals surface area contributed by atoms with Crippen LogP contribution in [0, 0.1) is 0 Å². The molecule has 0 radical (unpaired) electrons. The molecule has 6 heteroatoms. The van der Waals surface area contributed by atoms with E-state index >= 15 is 0 Å². The van der Waals surface area contributed by atoms with Crippen molar-refractivity contribution in [2.75, 3.05) is 39.4 Å². The summed E-state index contributed by atoms with van der Waals surface area (Å²) in [5.74, 6) is 2.02. The Balaban J connectivity index is 1.13. The molecule has 3 heterocycles. The number of hydrogen-bond acceptors (Lipinski definition) is 5. The van der Waals surface area contributed by atoms with Crippen molar-refractivity contribution in [1.82, 2.24) is 9.80 Å². The first-order valence-corrected chi connectivity index (χ1v) is 15.4. The molecule has 6 rings (SSSR count). The molecule has 1 aromatic heterocycles. The van der Waals surface area contributed by atoms with Crippen LogP contribution in [0.2, 0.25) is 0 Å². The molecule has 2 aliphatic rings. The van der Waals surface area contributed by atoms with Crippen LogP contribution in [0.1, 0.15) is 43.7 Å². The maximum atomic E-state index is 12.0. The highest BCUT2D eigenvalue weighted by Crippen LogP contribution is 2.40. The minimum absolute atomic E-state index is 0.0938. The molecule has 0 bridgehead atoms. The van der Waals surface area contributed by atoms with Crippen LogP contribution in [0.25, 0.3) is 20.5 Å². The molecule has 4 aromatic rings. The minimum Gasteiger partial charge on any atom is -0.492 e. The Labute approximate surface area is 241 Å². The highest BCUT2D eigenvalue weighted by molar-refractivity contribution is 7.22. The Bertz CT molecular complexity index is 1420. The molecule has 0 N–H and O–H groups in total. The van der Waals surface area contributed by atoms with Gasteiger partial charge in [0, 0.05) is 29.1 Å². The van der Waals surface area contributed by atoms with Crippen molar-refractivity contribution in [2.24, 2.45) is 0 Å². The number of thiophene rings is 1. The molecule has 3 aromatic carbocycles. The molecule has 1 atom stereocenters. The number of carbonyl (C=O) groups is 1. The van der Waals surface area contributed by atoms with Crippen molar-refractivity contribution in [3.63, 3.8) is 0 Å². The van der Waals surface area contributed by atoms with Crippen LogP contribution in [-0.4, -0.2) is 61.1 Å². The molecule has 0 saturated carbocycles. The SMILES string of the molecule is C[C@H](COc1ccc(Cc2c(-c3ccc(OCCN4CCCC4)cc3)sc3ccccc23)cc1)N1CCCC1=O. The van der Waals surface area contributed by atoms with E-state index in [0.29, 0.717) is 13.0 Å². The van der Waals surface area contributed by atoms with Crippen molar-refractivity contribution in [3.8, 4) is 21.9 Å². The second-order valence-electron chi connectivity index (χ2n) is 11.0. The number of carbonyl (C=O) groups excluding carboxylic acids is 1. The first-order valence-electron chi connectivity index (χ1n) is 14.6.